The largest absolute Gasteiger partial charge is 0.495 e. The van der Waals surface area contributed by atoms with Gasteiger partial charge in [-0.1, -0.05) is 34.7 Å². The molecule has 2 aromatic carbocycles. The Hall–Kier alpha value is -2.43. The summed E-state index contributed by atoms with van der Waals surface area (Å²) in [5, 5.41) is 10.2. The molecule has 3 aliphatic rings. The highest BCUT2D eigenvalue weighted by Gasteiger charge is 2.35. The molecule has 0 radical (unpaired) electrons. The number of hydrogen-bond donors (Lipinski definition) is 1. The molecule has 2 unspecified atom stereocenters. The van der Waals surface area contributed by atoms with Gasteiger partial charge >= 0.3 is 0 Å². The van der Waals surface area contributed by atoms with Gasteiger partial charge in [-0.25, -0.2) is 0 Å². The lowest BCUT2D eigenvalue weighted by Crippen LogP contribution is -2.39. The van der Waals surface area contributed by atoms with Crippen LogP contribution < -0.4 is 18.9 Å². The summed E-state index contributed by atoms with van der Waals surface area (Å²) in [5.74, 6) is 3.70. The standard InChI is InChI=1S/C30H36INO6/c1-5-35-19(3)8-18(2)9-24(31)30(16-33)38-29-12-21-10-25-23-14-28-27(36-17-37-28)11-20(23)6-7-32(25)15-22(21)13-26(29)34-4/h8,11-14,24-25,30,33H,3,5-7,9-10,15-17H2,1-2,4H3/b18-8+/t24?,25-,30?/m0/s1. The summed E-state index contributed by atoms with van der Waals surface area (Å²) in [4.78, 5) is 2.54. The third kappa shape index (κ3) is 5.62. The van der Waals surface area contributed by atoms with Gasteiger partial charge in [-0.05, 0) is 85.7 Å². The van der Waals surface area contributed by atoms with Crippen LogP contribution in [-0.4, -0.2) is 53.7 Å². The summed E-state index contributed by atoms with van der Waals surface area (Å²) in [5.41, 5.74) is 6.29. The Morgan fingerprint density at radius 1 is 1.18 bits per heavy atom. The number of halogens is 1. The second-order valence-corrected chi connectivity index (χ2v) is 11.7. The van der Waals surface area contributed by atoms with E-state index in [9.17, 15) is 5.11 Å². The predicted molar refractivity (Wildman–Crippen MR) is 155 cm³/mol. The highest BCUT2D eigenvalue weighted by atomic mass is 127. The van der Waals surface area contributed by atoms with Gasteiger partial charge < -0.3 is 28.8 Å². The van der Waals surface area contributed by atoms with E-state index < -0.39 is 0 Å². The first kappa shape index (κ1) is 27.1. The fourth-order valence-corrected chi connectivity index (χ4v) is 6.69. The van der Waals surface area contributed by atoms with Crippen molar-refractivity contribution in [2.45, 2.75) is 55.7 Å². The lowest BCUT2D eigenvalue weighted by Gasteiger charge is -2.41. The van der Waals surface area contributed by atoms with E-state index >= 15 is 0 Å². The first-order chi connectivity index (χ1) is 18.4. The summed E-state index contributed by atoms with van der Waals surface area (Å²) in [6, 6.07) is 8.81. The number of allylic oxidation sites excluding steroid dienone is 2. The third-order valence-corrected chi connectivity index (χ3v) is 8.73. The van der Waals surface area contributed by atoms with Crippen LogP contribution in [0.15, 0.2) is 48.3 Å². The number of nitrogens with zero attached hydrogens (tertiary/aromatic N) is 1. The number of benzene rings is 2. The Bertz CT molecular complexity index is 1230. The van der Waals surface area contributed by atoms with Crippen LogP contribution in [0.25, 0.3) is 0 Å². The van der Waals surface area contributed by atoms with Gasteiger partial charge in [-0.3, -0.25) is 4.90 Å². The van der Waals surface area contributed by atoms with Crippen molar-refractivity contribution in [1.82, 2.24) is 4.90 Å². The Morgan fingerprint density at radius 2 is 1.95 bits per heavy atom. The van der Waals surface area contributed by atoms with Crippen molar-refractivity contribution in [1.29, 1.82) is 0 Å². The molecule has 3 aliphatic heterocycles. The van der Waals surface area contributed by atoms with E-state index in [4.69, 9.17) is 23.7 Å². The van der Waals surface area contributed by atoms with Crippen molar-refractivity contribution >= 4 is 22.6 Å². The number of methoxy groups -OCH3 is 1. The van der Waals surface area contributed by atoms with Crippen LogP contribution in [0.4, 0.5) is 0 Å². The first-order valence-electron chi connectivity index (χ1n) is 13.2. The Balaban J connectivity index is 1.36. The fraction of sp³-hybridized carbons (Fsp3) is 0.467. The number of hydrogen-bond acceptors (Lipinski definition) is 7. The summed E-state index contributed by atoms with van der Waals surface area (Å²) in [6.07, 6.45) is 4.18. The second kappa shape index (κ2) is 11.8. The number of aliphatic hydroxyl groups is 1. The molecule has 2 aromatic rings. The molecule has 3 atom stereocenters. The summed E-state index contributed by atoms with van der Waals surface area (Å²) >= 11 is 2.35. The Kier molecular flexibility index (Phi) is 8.40. The van der Waals surface area contributed by atoms with Crippen LogP contribution >= 0.6 is 22.6 Å². The highest BCUT2D eigenvalue weighted by molar-refractivity contribution is 14.1. The van der Waals surface area contributed by atoms with Crippen molar-refractivity contribution < 1.29 is 28.8 Å². The van der Waals surface area contributed by atoms with Gasteiger partial charge in [0.15, 0.2) is 23.0 Å². The minimum Gasteiger partial charge on any atom is -0.495 e. The van der Waals surface area contributed by atoms with E-state index in [-0.39, 0.29) is 29.5 Å². The molecule has 38 heavy (non-hydrogen) atoms. The average molecular weight is 634 g/mol. The molecule has 7 nitrogen and oxygen atoms in total. The van der Waals surface area contributed by atoms with Crippen LogP contribution in [0.3, 0.4) is 0 Å². The molecule has 0 saturated carbocycles. The number of ether oxygens (including phenoxy) is 5. The van der Waals surface area contributed by atoms with Gasteiger partial charge in [0.1, 0.15) is 11.9 Å². The van der Waals surface area contributed by atoms with E-state index in [0.717, 1.165) is 49.4 Å². The molecule has 1 N–H and O–H groups in total. The molecule has 0 aromatic heterocycles. The van der Waals surface area contributed by atoms with Crippen molar-refractivity contribution in [3.63, 3.8) is 0 Å². The molecule has 0 saturated heterocycles. The summed E-state index contributed by atoms with van der Waals surface area (Å²) in [7, 11) is 1.67. The van der Waals surface area contributed by atoms with Crippen LogP contribution in [0.1, 0.15) is 48.6 Å². The third-order valence-electron chi connectivity index (χ3n) is 7.49. The van der Waals surface area contributed by atoms with Crippen LogP contribution in [0.5, 0.6) is 23.0 Å². The van der Waals surface area contributed by atoms with Crippen molar-refractivity contribution in [3.05, 3.63) is 70.5 Å². The van der Waals surface area contributed by atoms with Gasteiger partial charge in [0, 0.05) is 19.1 Å². The molecule has 3 heterocycles. The topological polar surface area (TPSA) is 69.6 Å². The summed E-state index contributed by atoms with van der Waals surface area (Å²) < 4.78 is 29.0. The molecule has 5 rings (SSSR count). The van der Waals surface area contributed by atoms with E-state index in [2.05, 4.69) is 58.3 Å². The van der Waals surface area contributed by atoms with Crippen LogP contribution in [-0.2, 0) is 24.1 Å². The SMILES string of the molecule is C=C(/C=C(\C)CC(I)C(CO)Oc1cc2c(cc1OC)CN1CCc3cc4c(cc3[C@@H]1C2)OCO4)OCC. The number of aliphatic hydroxyl groups excluding tert-OH is 1. The Labute approximate surface area is 238 Å². The molecular weight excluding hydrogens is 597 g/mol. The first-order valence-corrected chi connectivity index (χ1v) is 14.4. The molecule has 0 aliphatic carbocycles. The lowest BCUT2D eigenvalue weighted by molar-refractivity contribution is 0.112. The zero-order chi connectivity index (χ0) is 26.8. The molecule has 0 spiro atoms. The van der Waals surface area contributed by atoms with E-state index in [1.165, 1.54) is 22.3 Å². The molecule has 8 heteroatoms. The number of rotatable bonds is 10. The van der Waals surface area contributed by atoms with E-state index in [1.807, 2.05) is 19.9 Å². The number of alkyl halides is 1. The molecule has 0 bridgehead atoms. The quantitative estimate of drug-likeness (QED) is 0.160. The van der Waals surface area contributed by atoms with Gasteiger partial charge in [-0.2, -0.15) is 0 Å². The lowest BCUT2D eigenvalue weighted by atomic mass is 9.83. The van der Waals surface area contributed by atoms with Crippen LogP contribution in [0.2, 0.25) is 0 Å². The van der Waals surface area contributed by atoms with Gasteiger partial charge in [-0.15, -0.1) is 0 Å². The second-order valence-electron chi connectivity index (χ2n) is 10.1. The molecule has 0 fully saturated rings. The van der Waals surface area contributed by atoms with Crippen molar-refractivity contribution in [2.24, 2.45) is 0 Å². The normalized spacial score (nSPS) is 19.6. The maximum atomic E-state index is 10.2. The minimum atomic E-state index is -0.388. The maximum Gasteiger partial charge on any atom is 0.231 e. The molecular formula is C30H36INO6. The minimum absolute atomic E-state index is 0.0500. The van der Waals surface area contributed by atoms with E-state index in [1.54, 1.807) is 7.11 Å². The monoisotopic (exact) mass is 633 g/mol. The number of fused-ring (bicyclic) bond motifs is 5. The van der Waals surface area contributed by atoms with Gasteiger partial charge in [0.25, 0.3) is 0 Å². The van der Waals surface area contributed by atoms with Crippen molar-refractivity contribution in [2.75, 3.05) is 33.7 Å². The molecule has 0 amide bonds. The summed E-state index contributed by atoms with van der Waals surface area (Å²) in [6.45, 7) is 10.6. The fourth-order valence-electron chi connectivity index (χ4n) is 5.62. The maximum absolute atomic E-state index is 10.2. The zero-order valence-electron chi connectivity index (χ0n) is 22.3. The predicted octanol–water partition coefficient (Wildman–Crippen LogP) is 5.51. The van der Waals surface area contributed by atoms with Gasteiger partial charge in [0.05, 0.1) is 24.2 Å². The van der Waals surface area contributed by atoms with E-state index in [0.29, 0.717) is 23.9 Å². The smallest absolute Gasteiger partial charge is 0.231 e. The highest BCUT2D eigenvalue weighted by Crippen LogP contribution is 2.45. The van der Waals surface area contributed by atoms with Gasteiger partial charge in [0.2, 0.25) is 6.79 Å². The Morgan fingerprint density at radius 3 is 2.68 bits per heavy atom. The zero-order valence-corrected chi connectivity index (χ0v) is 24.5. The molecule has 204 valence electrons. The average Bonchev–Trinajstić information content (AvgIpc) is 3.36. The van der Waals surface area contributed by atoms with Crippen LogP contribution in [0, 0.1) is 0 Å². The van der Waals surface area contributed by atoms with Crippen molar-refractivity contribution in [3.8, 4) is 23.0 Å².